The third kappa shape index (κ3) is 1.38. The molecule has 0 atom stereocenters. The first-order valence-electron chi connectivity index (χ1n) is 5.35. The van der Waals surface area contributed by atoms with Crippen LogP contribution in [0.2, 0.25) is 0 Å². The molecule has 5 N–H and O–H groups in total. The molecule has 0 aliphatic rings. The summed E-state index contributed by atoms with van der Waals surface area (Å²) < 4.78 is 0. The molecule has 1 heterocycles. The Hall–Kier alpha value is -2.33. The SMILES string of the molecule is NNc1c2ccccc2nc2cccc(N)c12. The van der Waals surface area contributed by atoms with Gasteiger partial charge >= 0.3 is 0 Å². The third-order valence-electron chi connectivity index (χ3n) is 2.88. The second-order valence-corrected chi connectivity index (χ2v) is 3.89. The minimum absolute atomic E-state index is 0.675. The fourth-order valence-electron chi connectivity index (χ4n) is 2.12. The van der Waals surface area contributed by atoms with Crippen molar-refractivity contribution in [2.45, 2.75) is 0 Å². The van der Waals surface area contributed by atoms with Gasteiger partial charge in [0.25, 0.3) is 0 Å². The van der Waals surface area contributed by atoms with Gasteiger partial charge in [0, 0.05) is 16.5 Å². The van der Waals surface area contributed by atoms with E-state index < -0.39 is 0 Å². The number of rotatable bonds is 1. The van der Waals surface area contributed by atoms with Crippen molar-refractivity contribution in [2.24, 2.45) is 5.84 Å². The number of anilines is 2. The zero-order chi connectivity index (χ0) is 11.8. The van der Waals surface area contributed by atoms with Crippen molar-refractivity contribution in [3.63, 3.8) is 0 Å². The van der Waals surface area contributed by atoms with Gasteiger partial charge in [-0.25, -0.2) is 4.98 Å². The Balaban J connectivity index is 2.59. The molecule has 0 aliphatic heterocycles. The highest BCUT2D eigenvalue weighted by Crippen LogP contribution is 2.33. The summed E-state index contributed by atoms with van der Waals surface area (Å²) >= 11 is 0. The lowest BCUT2D eigenvalue weighted by Gasteiger charge is -2.11. The average molecular weight is 224 g/mol. The van der Waals surface area contributed by atoms with Gasteiger partial charge in [0.2, 0.25) is 0 Å². The molecule has 4 nitrogen and oxygen atoms in total. The Bertz CT molecular complexity index is 706. The van der Waals surface area contributed by atoms with E-state index in [-0.39, 0.29) is 0 Å². The van der Waals surface area contributed by atoms with Crippen molar-refractivity contribution >= 4 is 33.2 Å². The topological polar surface area (TPSA) is 77.0 Å². The van der Waals surface area contributed by atoms with Crippen LogP contribution in [0.15, 0.2) is 42.5 Å². The van der Waals surface area contributed by atoms with E-state index in [1.807, 2.05) is 42.5 Å². The first-order valence-corrected chi connectivity index (χ1v) is 5.35. The van der Waals surface area contributed by atoms with Gasteiger partial charge < -0.3 is 11.2 Å². The molecule has 1 aromatic heterocycles. The monoisotopic (exact) mass is 224 g/mol. The Kier molecular flexibility index (Phi) is 2.09. The van der Waals surface area contributed by atoms with Gasteiger partial charge in [0.1, 0.15) is 0 Å². The van der Waals surface area contributed by atoms with Gasteiger partial charge in [-0.05, 0) is 18.2 Å². The van der Waals surface area contributed by atoms with Crippen LogP contribution in [-0.2, 0) is 0 Å². The Morgan fingerprint density at radius 3 is 2.53 bits per heavy atom. The molecule has 4 heteroatoms. The number of para-hydroxylation sites is 1. The lowest BCUT2D eigenvalue weighted by Crippen LogP contribution is -2.09. The highest BCUT2D eigenvalue weighted by atomic mass is 15.2. The number of nitrogens with two attached hydrogens (primary N) is 2. The molecule has 0 unspecified atom stereocenters. The number of hydrazine groups is 1. The molecular formula is C13H12N4. The van der Waals surface area contributed by atoms with Crippen molar-refractivity contribution in [1.82, 2.24) is 4.98 Å². The van der Waals surface area contributed by atoms with Crippen molar-refractivity contribution in [3.8, 4) is 0 Å². The molecule has 17 heavy (non-hydrogen) atoms. The van der Waals surface area contributed by atoms with Crippen LogP contribution < -0.4 is 17.0 Å². The summed E-state index contributed by atoms with van der Waals surface area (Å²) in [6.07, 6.45) is 0. The van der Waals surface area contributed by atoms with E-state index >= 15 is 0 Å². The largest absolute Gasteiger partial charge is 0.398 e. The van der Waals surface area contributed by atoms with E-state index in [9.17, 15) is 0 Å². The van der Waals surface area contributed by atoms with Crippen LogP contribution in [0.3, 0.4) is 0 Å². The van der Waals surface area contributed by atoms with E-state index in [2.05, 4.69) is 10.4 Å². The number of aromatic nitrogens is 1. The van der Waals surface area contributed by atoms with Crippen molar-refractivity contribution in [1.29, 1.82) is 0 Å². The van der Waals surface area contributed by atoms with Crippen LogP contribution >= 0.6 is 0 Å². The van der Waals surface area contributed by atoms with E-state index in [1.165, 1.54) is 0 Å². The number of benzene rings is 2. The first kappa shape index (κ1) is 9.86. The molecule has 2 aromatic carbocycles. The minimum atomic E-state index is 0.675. The standard InChI is InChI=1S/C13H12N4/c14-9-5-3-7-11-12(9)13(17-15)8-4-1-2-6-10(8)16-11/h1-7H,14-15H2,(H,16,17). The number of hydrogen-bond acceptors (Lipinski definition) is 4. The number of nitrogens with zero attached hydrogens (tertiary/aromatic N) is 1. The summed E-state index contributed by atoms with van der Waals surface area (Å²) in [6.45, 7) is 0. The zero-order valence-corrected chi connectivity index (χ0v) is 9.14. The van der Waals surface area contributed by atoms with Crippen LogP contribution in [0.25, 0.3) is 21.8 Å². The lowest BCUT2D eigenvalue weighted by atomic mass is 10.1. The molecule has 0 amide bonds. The maximum Gasteiger partial charge on any atom is 0.0751 e. The predicted octanol–water partition coefficient (Wildman–Crippen LogP) is 2.26. The summed E-state index contributed by atoms with van der Waals surface area (Å²) in [6, 6.07) is 13.5. The van der Waals surface area contributed by atoms with Gasteiger partial charge in [-0.2, -0.15) is 0 Å². The summed E-state index contributed by atoms with van der Waals surface area (Å²) in [5, 5.41) is 1.84. The fraction of sp³-hybridized carbons (Fsp3) is 0. The van der Waals surface area contributed by atoms with Gasteiger partial charge in [0.15, 0.2) is 0 Å². The second kappa shape index (κ2) is 3.61. The van der Waals surface area contributed by atoms with Gasteiger partial charge in [0.05, 0.1) is 16.7 Å². The Morgan fingerprint density at radius 1 is 0.941 bits per heavy atom. The molecular weight excluding hydrogens is 212 g/mol. The lowest BCUT2D eigenvalue weighted by molar-refractivity contribution is 1.37. The maximum atomic E-state index is 5.99. The van der Waals surface area contributed by atoms with E-state index in [0.717, 1.165) is 27.5 Å². The Labute approximate surface area is 98.2 Å². The number of nitrogens with one attached hydrogen (secondary N) is 1. The summed E-state index contributed by atoms with van der Waals surface area (Å²) in [5.41, 5.74) is 12.0. The molecule has 0 saturated heterocycles. The summed E-state index contributed by atoms with van der Waals surface area (Å²) in [5.74, 6) is 5.62. The predicted molar refractivity (Wildman–Crippen MR) is 71.5 cm³/mol. The zero-order valence-electron chi connectivity index (χ0n) is 9.14. The van der Waals surface area contributed by atoms with Gasteiger partial charge in [-0.1, -0.05) is 24.3 Å². The third-order valence-corrected chi connectivity index (χ3v) is 2.88. The van der Waals surface area contributed by atoms with Crippen molar-refractivity contribution in [3.05, 3.63) is 42.5 Å². The van der Waals surface area contributed by atoms with Gasteiger partial charge in [-0.15, -0.1) is 0 Å². The normalized spacial score (nSPS) is 10.9. The molecule has 84 valence electrons. The molecule has 3 aromatic rings. The highest BCUT2D eigenvalue weighted by molar-refractivity contribution is 6.11. The molecule has 0 spiro atoms. The number of hydrogen-bond donors (Lipinski definition) is 3. The quantitative estimate of drug-likeness (QED) is 0.256. The molecule has 0 saturated carbocycles. The van der Waals surface area contributed by atoms with Gasteiger partial charge in [-0.3, -0.25) is 5.84 Å². The van der Waals surface area contributed by atoms with Crippen molar-refractivity contribution < 1.29 is 0 Å². The van der Waals surface area contributed by atoms with Crippen LogP contribution in [0.1, 0.15) is 0 Å². The number of pyridine rings is 1. The number of fused-ring (bicyclic) bond motifs is 2. The van der Waals surface area contributed by atoms with Crippen LogP contribution in [0.5, 0.6) is 0 Å². The molecule has 0 bridgehead atoms. The molecule has 3 rings (SSSR count). The summed E-state index contributed by atoms with van der Waals surface area (Å²) in [7, 11) is 0. The summed E-state index contributed by atoms with van der Waals surface area (Å²) in [4.78, 5) is 4.57. The smallest absolute Gasteiger partial charge is 0.0751 e. The molecule has 0 radical (unpaired) electrons. The molecule has 0 aliphatic carbocycles. The van der Waals surface area contributed by atoms with Crippen LogP contribution in [0.4, 0.5) is 11.4 Å². The van der Waals surface area contributed by atoms with E-state index in [0.29, 0.717) is 5.69 Å². The fourth-order valence-corrected chi connectivity index (χ4v) is 2.12. The van der Waals surface area contributed by atoms with E-state index in [4.69, 9.17) is 11.6 Å². The minimum Gasteiger partial charge on any atom is -0.398 e. The van der Waals surface area contributed by atoms with Crippen molar-refractivity contribution in [2.75, 3.05) is 11.2 Å². The second-order valence-electron chi connectivity index (χ2n) is 3.89. The maximum absolute atomic E-state index is 5.99. The van der Waals surface area contributed by atoms with Crippen LogP contribution in [-0.4, -0.2) is 4.98 Å². The van der Waals surface area contributed by atoms with Crippen LogP contribution in [0, 0.1) is 0 Å². The first-order chi connectivity index (χ1) is 8.31. The Morgan fingerprint density at radius 2 is 1.71 bits per heavy atom. The average Bonchev–Trinajstić information content (AvgIpc) is 2.36. The molecule has 0 fully saturated rings. The highest BCUT2D eigenvalue weighted by Gasteiger charge is 2.09. The number of nitrogen functional groups attached to an aromatic ring is 2. The van der Waals surface area contributed by atoms with E-state index in [1.54, 1.807) is 0 Å².